The standard InChI is InChI=1S/C22H26N4O2/c1-25-14-22(15-25)9-11-26(16-22)21(28)19(12-17-6-5-10-23-13-17)24-20(27)18-7-3-2-4-8-18/h2-8,10,13,19H,9,11-12,14-16H2,1H3,(H,24,27). The van der Waals surface area contributed by atoms with Gasteiger partial charge in [0.2, 0.25) is 5.91 Å². The first-order chi connectivity index (χ1) is 13.5. The van der Waals surface area contributed by atoms with E-state index in [9.17, 15) is 9.59 Å². The number of rotatable bonds is 5. The van der Waals surface area contributed by atoms with Crippen LogP contribution in [0.1, 0.15) is 22.3 Å². The Morgan fingerprint density at radius 1 is 1.14 bits per heavy atom. The summed E-state index contributed by atoms with van der Waals surface area (Å²) in [5.41, 5.74) is 1.74. The van der Waals surface area contributed by atoms with Gasteiger partial charge in [-0.25, -0.2) is 0 Å². The molecular weight excluding hydrogens is 352 g/mol. The lowest BCUT2D eigenvalue weighted by Gasteiger charge is -2.46. The van der Waals surface area contributed by atoms with Crippen LogP contribution in [0.2, 0.25) is 0 Å². The molecule has 1 aromatic carbocycles. The Balaban J connectivity index is 1.49. The SMILES string of the molecule is CN1CC2(CCN(C(=O)C(Cc3cccnc3)NC(=O)c3ccccc3)C2)C1. The van der Waals surface area contributed by atoms with E-state index in [-0.39, 0.29) is 17.2 Å². The number of amides is 2. The average Bonchev–Trinajstić information content (AvgIpc) is 3.13. The van der Waals surface area contributed by atoms with Crippen molar-refractivity contribution in [1.29, 1.82) is 0 Å². The van der Waals surface area contributed by atoms with E-state index in [0.29, 0.717) is 12.0 Å². The molecule has 0 saturated carbocycles. The van der Waals surface area contributed by atoms with Crippen LogP contribution in [0.3, 0.4) is 0 Å². The van der Waals surface area contributed by atoms with Gasteiger partial charge in [0, 0.05) is 56.0 Å². The number of benzene rings is 1. The number of carbonyl (C=O) groups is 2. The lowest BCUT2D eigenvalue weighted by molar-refractivity contribution is -0.133. The van der Waals surface area contributed by atoms with Crippen molar-refractivity contribution in [3.63, 3.8) is 0 Å². The van der Waals surface area contributed by atoms with Crippen molar-refractivity contribution in [3.8, 4) is 0 Å². The molecule has 0 aliphatic carbocycles. The summed E-state index contributed by atoms with van der Waals surface area (Å²) in [6, 6.07) is 12.2. The van der Waals surface area contributed by atoms with E-state index in [2.05, 4.69) is 22.2 Å². The largest absolute Gasteiger partial charge is 0.340 e. The van der Waals surface area contributed by atoms with Crippen molar-refractivity contribution in [1.82, 2.24) is 20.1 Å². The van der Waals surface area contributed by atoms with E-state index < -0.39 is 6.04 Å². The van der Waals surface area contributed by atoms with Crippen LogP contribution in [0, 0.1) is 5.41 Å². The van der Waals surface area contributed by atoms with Crippen LogP contribution >= 0.6 is 0 Å². The molecule has 1 atom stereocenters. The van der Waals surface area contributed by atoms with Gasteiger partial charge >= 0.3 is 0 Å². The molecule has 6 nitrogen and oxygen atoms in total. The third-order valence-corrected chi connectivity index (χ3v) is 5.76. The Kier molecular flexibility index (Phi) is 5.13. The van der Waals surface area contributed by atoms with Gasteiger partial charge in [0.05, 0.1) is 0 Å². The maximum Gasteiger partial charge on any atom is 0.251 e. The van der Waals surface area contributed by atoms with Crippen LogP contribution in [0.15, 0.2) is 54.9 Å². The first kappa shape index (κ1) is 18.6. The predicted molar refractivity (Wildman–Crippen MR) is 107 cm³/mol. The molecule has 2 aliphatic heterocycles. The molecule has 2 fully saturated rings. The zero-order valence-corrected chi connectivity index (χ0v) is 16.2. The molecule has 1 N–H and O–H groups in total. The summed E-state index contributed by atoms with van der Waals surface area (Å²) < 4.78 is 0. The minimum atomic E-state index is -0.593. The Morgan fingerprint density at radius 3 is 2.61 bits per heavy atom. The third kappa shape index (κ3) is 3.92. The lowest BCUT2D eigenvalue weighted by atomic mass is 9.79. The van der Waals surface area contributed by atoms with Crippen molar-refractivity contribution >= 4 is 11.8 Å². The Hall–Kier alpha value is -2.73. The van der Waals surface area contributed by atoms with E-state index in [4.69, 9.17) is 0 Å². The highest BCUT2D eigenvalue weighted by Crippen LogP contribution is 2.38. The second-order valence-electron chi connectivity index (χ2n) is 8.14. The second kappa shape index (κ2) is 7.72. The van der Waals surface area contributed by atoms with Gasteiger partial charge in [0.15, 0.2) is 0 Å². The van der Waals surface area contributed by atoms with Gasteiger partial charge in [-0.2, -0.15) is 0 Å². The van der Waals surface area contributed by atoms with Crippen LogP contribution in [0.25, 0.3) is 0 Å². The number of likely N-dealkylation sites (tertiary alicyclic amines) is 2. The lowest BCUT2D eigenvalue weighted by Crippen LogP contribution is -2.56. The second-order valence-corrected chi connectivity index (χ2v) is 8.14. The van der Waals surface area contributed by atoms with Crippen molar-refractivity contribution in [2.75, 3.05) is 33.2 Å². The summed E-state index contributed by atoms with van der Waals surface area (Å²) in [5, 5.41) is 2.96. The molecule has 2 amide bonds. The van der Waals surface area contributed by atoms with Crippen molar-refractivity contribution in [3.05, 3.63) is 66.0 Å². The smallest absolute Gasteiger partial charge is 0.251 e. The average molecular weight is 378 g/mol. The summed E-state index contributed by atoms with van der Waals surface area (Å²) in [6.07, 6.45) is 4.94. The Bertz CT molecular complexity index is 834. The number of hydrogen-bond acceptors (Lipinski definition) is 4. The van der Waals surface area contributed by atoms with Crippen molar-refractivity contribution < 1.29 is 9.59 Å². The van der Waals surface area contributed by atoms with Crippen LogP contribution in [0.5, 0.6) is 0 Å². The molecule has 0 radical (unpaired) electrons. The first-order valence-corrected chi connectivity index (χ1v) is 9.77. The van der Waals surface area contributed by atoms with E-state index in [1.807, 2.05) is 35.2 Å². The van der Waals surface area contributed by atoms with Crippen LogP contribution in [-0.2, 0) is 11.2 Å². The Labute approximate surface area is 165 Å². The monoisotopic (exact) mass is 378 g/mol. The zero-order chi connectivity index (χ0) is 19.6. The summed E-state index contributed by atoms with van der Waals surface area (Å²) >= 11 is 0. The molecule has 1 aromatic heterocycles. The van der Waals surface area contributed by atoms with Crippen LogP contribution in [-0.4, -0.2) is 65.9 Å². The van der Waals surface area contributed by atoms with E-state index in [1.165, 1.54) is 0 Å². The molecule has 2 saturated heterocycles. The highest BCUT2D eigenvalue weighted by atomic mass is 16.2. The fourth-order valence-electron chi connectivity index (χ4n) is 4.49. The van der Waals surface area contributed by atoms with E-state index in [0.717, 1.165) is 38.2 Å². The van der Waals surface area contributed by atoms with Gasteiger partial charge in [-0.05, 0) is 37.2 Å². The molecule has 146 valence electrons. The molecule has 3 heterocycles. The topological polar surface area (TPSA) is 65.5 Å². The zero-order valence-electron chi connectivity index (χ0n) is 16.2. The molecule has 1 spiro atoms. The molecule has 28 heavy (non-hydrogen) atoms. The van der Waals surface area contributed by atoms with Gasteiger partial charge < -0.3 is 15.1 Å². The number of carbonyl (C=O) groups excluding carboxylic acids is 2. The maximum atomic E-state index is 13.3. The van der Waals surface area contributed by atoms with Gasteiger partial charge in [0.1, 0.15) is 6.04 Å². The minimum Gasteiger partial charge on any atom is -0.340 e. The number of pyridine rings is 1. The van der Waals surface area contributed by atoms with Gasteiger partial charge in [-0.15, -0.1) is 0 Å². The fraction of sp³-hybridized carbons (Fsp3) is 0.409. The molecule has 2 aliphatic rings. The molecule has 4 rings (SSSR count). The molecule has 0 bridgehead atoms. The van der Waals surface area contributed by atoms with Gasteiger partial charge in [-0.1, -0.05) is 24.3 Å². The third-order valence-electron chi connectivity index (χ3n) is 5.76. The normalized spacial score (nSPS) is 19.2. The predicted octanol–water partition coefficient (Wildman–Crippen LogP) is 1.59. The number of nitrogens with one attached hydrogen (secondary N) is 1. The minimum absolute atomic E-state index is 0.000405. The molecular formula is C22H26N4O2. The van der Waals surface area contributed by atoms with E-state index >= 15 is 0 Å². The number of nitrogens with zero attached hydrogens (tertiary/aromatic N) is 3. The first-order valence-electron chi connectivity index (χ1n) is 9.77. The maximum absolute atomic E-state index is 13.3. The highest BCUT2D eigenvalue weighted by Gasteiger charge is 2.48. The van der Waals surface area contributed by atoms with E-state index in [1.54, 1.807) is 24.5 Å². The summed E-state index contributed by atoms with van der Waals surface area (Å²) in [7, 11) is 2.11. The van der Waals surface area contributed by atoms with Crippen molar-refractivity contribution in [2.45, 2.75) is 18.9 Å². The number of aromatic nitrogens is 1. The quantitative estimate of drug-likeness (QED) is 0.858. The van der Waals surface area contributed by atoms with Gasteiger partial charge in [0.25, 0.3) is 5.91 Å². The molecule has 6 heteroatoms. The summed E-state index contributed by atoms with van der Waals surface area (Å²) in [5.74, 6) is -0.223. The Morgan fingerprint density at radius 2 is 1.93 bits per heavy atom. The molecule has 1 unspecified atom stereocenters. The summed E-state index contributed by atoms with van der Waals surface area (Å²) in [4.78, 5) is 34.4. The van der Waals surface area contributed by atoms with Crippen molar-refractivity contribution in [2.24, 2.45) is 5.41 Å². The fourth-order valence-corrected chi connectivity index (χ4v) is 4.49. The van der Waals surface area contributed by atoms with Gasteiger partial charge in [-0.3, -0.25) is 14.6 Å². The molecule has 2 aromatic rings. The summed E-state index contributed by atoms with van der Waals surface area (Å²) in [6.45, 7) is 3.62. The van der Waals surface area contributed by atoms with Crippen LogP contribution < -0.4 is 5.32 Å². The highest BCUT2D eigenvalue weighted by molar-refractivity contribution is 5.97. The van der Waals surface area contributed by atoms with Crippen LogP contribution in [0.4, 0.5) is 0 Å². The number of hydrogen-bond donors (Lipinski definition) is 1.